The predicted octanol–water partition coefficient (Wildman–Crippen LogP) is 7.79. The highest BCUT2D eigenvalue weighted by Crippen LogP contribution is 2.30. The minimum absolute atomic E-state index is 0.00328. The van der Waals surface area contributed by atoms with Crippen molar-refractivity contribution in [3.8, 4) is 5.69 Å². The van der Waals surface area contributed by atoms with Crippen LogP contribution in [0.4, 0.5) is 0 Å². The van der Waals surface area contributed by atoms with Gasteiger partial charge in [0.1, 0.15) is 6.54 Å². The lowest BCUT2D eigenvalue weighted by molar-refractivity contribution is -0.137. The first kappa shape index (κ1) is 24.3. The number of rotatable bonds is 8. The Morgan fingerprint density at radius 3 is 2.26 bits per heavy atom. The van der Waals surface area contributed by atoms with E-state index in [9.17, 15) is 9.90 Å². The van der Waals surface area contributed by atoms with Gasteiger partial charge in [-0.05, 0) is 61.2 Å². The molecule has 0 amide bonds. The molecule has 0 saturated carbocycles. The van der Waals surface area contributed by atoms with Crippen LogP contribution in [0.25, 0.3) is 27.5 Å². The van der Waals surface area contributed by atoms with Crippen molar-refractivity contribution in [1.82, 2.24) is 9.13 Å². The standard InChI is InChI=1S/C20H23NO2.C11H11N/c1-2-3-4-5-8-15-11-12-17-16-9-6-7-10-18(16)21(14-20(22)23)19(17)13-15;1-10-6-2-3-7-11(10)12-8-4-5-9-12/h6-7,9-13H,2-5,8,14H2,1H3,(H,22,23);2-9H,1H3. The quantitative estimate of drug-likeness (QED) is 0.237. The molecule has 0 fully saturated rings. The largest absolute Gasteiger partial charge is 0.480 e. The summed E-state index contributed by atoms with van der Waals surface area (Å²) in [5.41, 5.74) is 5.87. The van der Waals surface area contributed by atoms with Gasteiger partial charge in [-0.2, -0.15) is 0 Å². The van der Waals surface area contributed by atoms with Crippen molar-refractivity contribution < 1.29 is 9.90 Å². The molecule has 0 aliphatic carbocycles. The van der Waals surface area contributed by atoms with Gasteiger partial charge in [-0.3, -0.25) is 4.79 Å². The molecule has 5 aromatic rings. The van der Waals surface area contributed by atoms with Gasteiger partial charge in [0.15, 0.2) is 0 Å². The molecule has 2 aromatic heterocycles. The maximum Gasteiger partial charge on any atom is 0.323 e. The van der Waals surface area contributed by atoms with Gasteiger partial charge in [0.25, 0.3) is 0 Å². The third kappa shape index (κ3) is 5.83. The van der Waals surface area contributed by atoms with E-state index in [1.807, 2.05) is 34.9 Å². The van der Waals surface area contributed by atoms with E-state index in [0.29, 0.717) is 0 Å². The zero-order chi connectivity index (χ0) is 24.6. The second-order valence-electron chi connectivity index (χ2n) is 9.04. The monoisotopic (exact) mass is 466 g/mol. The summed E-state index contributed by atoms with van der Waals surface area (Å²) in [5, 5.41) is 11.5. The Hall–Kier alpha value is -3.79. The number of aromatic nitrogens is 2. The van der Waals surface area contributed by atoms with E-state index in [-0.39, 0.29) is 6.54 Å². The van der Waals surface area contributed by atoms with Crippen LogP contribution in [0.2, 0.25) is 0 Å². The number of carboxylic acid groups (broad SMARTS) is 1. The van der Waals surface area contributed by atoms with Crippen LogP contribution in [-0.4, -0.2) is 20.2 Å². The number of aryl methyl sites for hydroxylation is 2. The lowest BCUT2D eigenvalue weighted by Crippen LogP contribution is -2.08. The van der Waals surface area contributed by atoms with Gasteiger partial charge in [0, 0.05) is 39.9 Å². The third-order valence-corrected chi connectivity index (χ3v) is 6.45. The molecule has 2 heterocycles. The molecule has 0 atom stereocenters. The van der Waals surface area contributed by atoms with E-state index in [1.165, 1.54) is 42.5 Å². The Morgan fingerprint density at radius 2 is 1.51 bits per heavy atom. The minimum atomic E-state index is -0.805. The van der Waals surface area contributed by atoms with Crippen LogP contribution in [0.3, 0.4) is 0 Å². The molecule has 35 heavy (non-hydrogen) atoms. The van der Waals surface area contributed by atoms with Crippen LogP contribution in [-0.2, 0) is 17.8 Å². The van der Waals surface area contributed by atoms with Crippen molar-refractivity contribution in [2.24, 2.45) is 0 Å². The molecule has 5 rings (SSSR count). The lowest BCUT2D eigenvalue weighted by atomic mass is 10.0. The molecule has 0 saturated heterocycles. The summed E-state index contributed by atoms with van der Waals surface area (Å²) in [6.07, 6.45) is 10.1. The number of hydrogen-bond acceptors (Lipinski definition) is 1. The molecule has 180 valence electrons. The average molecular weight is 467 g/mol. The van der Waals surface area contributed by atoms with Gasteiger partial charge in [-0.1, -0.05) is 74.7 Å². The molecule has 3 aromatic carbocycles. The van der Waals surface area contributed by atoms with Crippen LogP contribution in [0, 0.1) is 6.92 Å². The van der Waals surface area contributed by atoms with Crippen molar-refractivity contribution >= 4 is 27.8 Å². The lowest BCUT2D eigenvalue weighted by Gasteiger charge is -2.06. The summed E-state index contributed by atoms with van der Waals surface area (Å²) in [6.45, 7) is 4.34. The fourth-order valence-electron chi connectivity index (χ4n) is 4.66. The highest BCUT2D eigenvalue weighted by Gasteiger charge is 2.12. The fourth-order valence-corrected chi connectivity index (χ4v) is 4.66. The van der Waals surface area contributed by atoms with Crippen molar-refractivity contribution in [3.05, 3.63) is 102 Å². The summed E-state index contributed by atoms with van der Waals surface area (Å²) < 4.78 is 4.04. The Balaban J connectivity index is 0.000000201. The molecule has 0 unspecified atom stereocenters. The number of carboxylic acids is 1. The van der Waals surface area contributed by atoms with Gasteiger partial charge in [-0.25, -0.2) is 0 Å². The fraction of sp³-hybridized carbons (Fsp3) is 0.258. The normalized spacial score (nSPS) is 10.9. The average Bonchev–Trinajstić information content (AvgIpc) is 3.50. The molecule has 4 heteroatoms. The maximum atomic E-state index is 11.3. The molecule has 0 aliphatic heterocycles. The summed E-state index contributed by atoms with van der Waals surface area (Å²) in [7, 11) is 0. The van der Waals surface area contributed by atoms with Crippen LogP contribution in [0.1, 0.15) is 43.7 Å². The van der Waals surface area contributed by atoms with E-state index >= 15 is 0 Å². The van der Waals surface area contributed by atoms with Crippen LogP contribution >= 0.6 is 0 Å². The first-order valence-corrected chi connectivity index (χ1v) is 12.5. The van der Waals surface area contributed by atoms with E-state index in [1.54, 1.807) is 0 Å². The highest BCUT2D eigenvalue weighted by atomic mass is 16.4. The highest BCUT2D eigenvalue weighted by molar-refractivity contribution is 6.08. The molecule has 0 spiro atoms. The molecule has 1 N–H and O–H groups in total. The second-order valence-corrected chi connectivity index (χ2v) is 9.04. The van der Waals surface area contributed by atoms with Crippen molar-refractivity contribution in [2.45, 2.75) is 52.5 Å². The Labute approximate surface area is 207 Å². The van der Waals surface area contributed by atoms with E-state index < -0.39 is 5.97 Å². The second kappa shape index (κ2) is 11.6. The van der Waals surface area contributed by atoms with E-state index in [4.69, 9.17) is 0 Å². The van der Waals surface area contributed by atoms with Gasteiger partial charge in [0.2, 0.25) is 0 Å². The maximum absolute atomic E-state index is 11.3. The van der Waals surface area contributed by atoms with Crippen molar-refractivity contribution in [3.63, 3.8) is 0 Å². The van der Waals surface area contributed by atoms with Crippen molar-refractivity contribution in [1.29, 1.82) is 0 Å². The zero-order valence-corrected chi connectivity index (χ0v) is 20.7. The first-order valence-electron chi connectivity index (χ1n) is 12.5. The molecule has 4 nitrogen and oxygen atoms in total. The molecule has 0 bridgehead atoms. The van der Waals surface area contributed by atoms with Crippen LogP contribution in [0.15, 0.2) is 91.3 Å². The Morgan fingerprint density at radius 1 is 0.800 bits per heavy atom. The Kier molecular flexibility index (Phi) is 8.04. The molecular weight excluding hydrogens is 432 g/mol. The van der Waals surface area contributed by atoms with Crippen molar-refractivity contribution in [2.75, 3.05) is 0 Å². The van der Waals surface area contributed by atoms with Crippen LogP contribution < -0.4 is 0 Å². The number of aliphatic carboxylic acids is 1. The van der Waals surface area contributed by atoms with Gasteiger partial charge >= 0.3 is 5.97 Å². The predicted molar refractivity (Wildman–Crippen MR) is 145 cm³/mol. The van der Waals surface area contributed by atoms with E-state index in [2.05, 4.69) is 79.3 Å². The third-order valence-electron chi connectivity index (χ3n) is 6.45. The topological polar surface area (TPSA) is 47.2 Å². The van der Waals surface area contributed by atoms with Gasteiger partial charge in [-0.15, -0.1) is 0 Å². The van der Waals surface area contributed by atoms with E-state index in [0.717, 1.165) is 28.2 Å². The number of hydrogen-bond donors (Lipinski definition) is 1. The summed E-state index contributed by atoms with van der Waals surface area (Å²) >= 11 is 0. The number of benzene rings is 3. The summed E-state index contributed by atoms with van der Waals surface area (Å²) in [6, 6.07) is 27.0. The molecule has 0 radical (unpaired) electrons. The van der Waals surface area contributed by atoms with Gasteiger partial charge in [0.05, 0.1) is 0 Å². The zero-order valence-electron chi connectivity index (χ0n) is 20.7. The van der Waals surface area contributed by atoms with Crippen LogP contribution in [0.5, 0.6) is 0 Å². The number of para-hydroxylation sites is 2. The summed E-state index contributed by atoms with van der Waals surface area (Å²) in [4.78, 5) is 11.3. The van der Waals surface area contributed by atoms with Gasteiger partial charge < -0.3 is 14.2 Å². The molecular formula is C31H34N2O2. The minimum Gasteiger partial charge on any atom is -0.480 e. The number of carbonyl (C=O) groups is 1. The number of unbranched alkanes of at least 4 members (excludes halogenated alkanes) is 3. The first-order chi connectivity index (χ1) is 17.1. The summed E-state index contributed by atoms with van der Waals surface area (Å²) in [5.74, 6) is -0.805. The number of nitrogens with zero attached hydrogens (tertiary/aromatic N) is 2. The number of fused-ring (bicyclic) bond motifs is 3. The molecule has 0 aliphatic rings. The smallest absolute Gasteiger partial charge is 0.323 e. The SMILES string of the molecule is CCCCCCc1ccc2c3ccccc3n(CC(=O)O)c2c1.Cc1ccccc1-n1cccc1. The Bertz CT molecular complexity index is 1400.